The van der Waals surface area contributed by atoms with E-state index in [1.165, 1.54) is 18.2 Å². The molecule has 1 aromatic rings. The van der Waals surface area contributed by atoms with E-state index in [0.29, 0.717) is 18.0 Å². The Bertz CT molecular complexity index is 512. The number of hydrogen-bond donors (Lipinski definition) is 3. The topological polar surface area (TPSA) is 86.6 Å². The SMILES string of the molecule is O=C(CC1CCSCC1)Nc1ccc(O)c(C(=O)O)c1. The number of carboxylic acid groups (broad SMARTS) is 1. The van der Waals surface area contributed by atoms with Crippen LogP contribution in [0.15, 0.2) is 18.2 Å². The van der Waals surface area contributed by atoms with Gasteiger partial charge in [0, 0.05) is 12.1 Å². The molecule has 108 valence electrons. The molecule has 1 aliphatic rings. The van der Waals surface area contributed by atoms with Crippen LogP contribution in [0.5, 0.6) is 5.75 Å². The highest BCUT2D eigenvalue weighted by Crippen LogP contribution is 2.26. The van der Waals surface area contributed by atoms with Crippen LogP contribution in [0.25, 0.3) is 0 Å². The number of hydrogen-bond acceptors (Lipinski definition) is 4. The normalized spacial score (nSPS) is 15.8. The van der Waals surface area contributed by atoms with E-state index in [0.717, 1.165) is 24.3 Å². The second-order valence-corrected chi connectivity index (χ2v) is 6.07. The number of anilines is 1. The van der Waals surface area contributed by atoms with Crippen molar-refractivity contribution in [3.8, 4) is 5.75 Å². The molecular formula is C14H17NO4S. The number of thioether (sulfide) groups is 1. The summed E-state index contributed by atoms with van der Waals surface area (Å²) in [6.45, 7) is 0. The fraction of sp³-hybridized carbons (Fsp3) is 0.429. The molecule has 1 amide bonds. The molecule has 3 N–H and O–H groups in total. The quantitative estimate of drug-likeness (QED) is 0.743. The van der Waals surface area contributed by atoms with E-state index in [1.54, 1.807) is 0 Å². The Morgan fingerprint density at radius 1 is 1.30 bits per heavy atom. The first-order chi connectivity index (χ1) is 9.56. The fourth-order valence-electron chi connectivity index (χ4n) is 2.21. The van der Waals surface area contributed by atoms with Crippen LogP contribution in [-0.2, 0) is 4.79 Å². The molecule has 0 aliphatic carbocycles. The molecule has 1 fully saturated rings. The van der Waals surface area contributed by atoms with E-state index >= 15 is 0 Å². The lowest BCUT2D eigenvalue weighted by Gasteiger charge is -2.20. The molecule has 1 saturated heterocycles. The Hall–Kier alpha value is -1.69. The van der Waals surface area contributed by atoms with Crippen molar-refractivity contribution in [3.05, 3.63) is 23.8 Å². The van der Waals surface area contributed by atoms with Crippen molar-refractivity contribution in [2.45, 2.75) is 19.3 Å². The molecule has 0 spiro atoms. The van der Waals surface area contributed by atoms with E-state index in [9.17, 15) is 14.7 Å². The number of aromatic hydroxyl groups is 1. The number of aromatic carboxylic acids is 1. The highest BCUT2D eigenvalue weighted by atomic mass is 32.2. The van der Waals surface area contributed by atoms with E-state index < -0.39 is 5.97 Å². The number of phenols is 1. The molecule has 0 atom stereocenters. The number of rotatable bonds is 4. The van der Waals surface area contributed by atoms with E-state index in [-0.39, 0.29) is 17.2 Å². The van der Waals surface area contributed by atoms with Gasteiger partial charge >= 0.3 is 5.97 Å². The van der Waals surface area contributed by atoms with Gasteiger partial charge in [-0.25, -0.2) is 4.79 Å². The summed E-state index contributed by atoms with van der Waals surface area (Å²) in [5, 5.41) is 21.0. The summed E-state index contributed by atoms with van der Waals surface area (Å²) < 4.78 is 0. The zero-order chi connectivity index (χ0) is 14.5. The summed E-state index contributed by atoms with van der Waals surface area (Å²) in [6.07, 6.45) is 2.56. The average molecular weight is 295 g/mol. The van der Waals surface area contributed by atoms with Gasteiger partial charge in [0.1, 0.15) is 11.3 Å². The monoisotopic (exact) mass is 295 g/mol. The van der Waals surface area contributed by atoms with Crippen LogP contribution in [0.4, 0.5) is 5.69 Å². The first kappa shape index (κ1) is 14.7. The largest absolute Gasteiger partial charge is 0.507 e. The third-order valence-corrected chi connectivity index (χ3v) is 4.37. The summed E-state index contributed by atoms with van der Waals surface area (Å²) in [7, 11) is 0. The van der Waals surface area contributed by atoms with Crippen molar-refractivity contribution < 1.29 is 19.8 Å². The molecule has 1 heterocycles. The van der Waals surface area contributed by atoms with Gasteiger partial charge in [-0.3, -0.25) is 4.79 Å². The minimum Gasteiger partial charge on any atom is -0.507 e. The van der Waals surface area contributed by atoms with Crippen molar-refractivity contribution in [1.29, 1.82) is 0 Å². The lowest BCUT2D eigenvalue weighted by atomic mass is 9.98. The van der Waals surface area contributed by atoms with Crippen LogP contribution in [0, 0.1) is 5.92 Å². The Balaban J connectivity index is 1.96. The Kier molecular flexibility index (Phi) is 4.89. The third-order valence-electron chi connectivity index (χ3n) is 3.33. The van der Waals surface area contributed by atoms with Crippen molar-refractivity contribution in [2.75, 3.05) is 16.8 Å². The number of carbonyl (C=O) groups is 2. The minimum atomic E-state index is -1.22. The van der Waals surface area contributed by atoms with Crippen LogP contribution in [0.3, 0.4) is 0 Å². The van der Waals surface area contributed by atoms with Gasteiger partial charge in [-0.2, -0.15) is 11.8 Å². The second kappa shape index (κ2) is 6.65. The fourth-order valence-corrected chi connectivity index (χ4v) is 3.41. The highest BCUT2D eigenvalue weighted by Gasteiger charge is 2.18. The van der Waals surface area contributed by atoms with Gasteiger partial charge in [0.15, 0.2) is 0 Å². The molecule has 0 unspecified atom stereocenters. The lowest BCUT2D eigenvalue weighted by Crippen LogP contribution is -2.19. The number of nitrogens with one attached hydrogen (secondary N) is 1. The molecule has 0 radical (unpaired) electrons. The molecule has 0 saturated carbocycles. The molecule has 20 heavy (non-hydrogen) atoms. The minimum absolute atomic E-state index is 0.107. The Morgan fingerprint density at radius 3 is 2.65 bits per heavy atom. The summed E-state index contributed by atoms with van der Waals surface area (Å²) in [6, 6.07) is 4.04. The van der Waals surface area contributed by atoms with Crippen LogP contribution in [0.1, 0.15) is 29.6 Å². The van der Waals surface area contributed by atoms with Gasteiger partial charge in [-0.15, -0.1) is 0 Å². The van der Waals surface area contributed by atoms with Gasteiger partial charge in [-0.05, 0) is 48.5 Å². The zero-order valence-electron chi connectivity index (χ0n) is 11.0. The standard InChI is InChI=1S/C14H17NO4S/c16-12-2-1-10(8-11(12)14(18)19)15-13(17)7-9-3-5-20-6-4-9/h1-2,8-9,16H,3-7H2,(H,15,17)(H,18,19). The first-order valence-electron chi connectivity index (χ1n) is 6.50. The van der Waals surface area contributed by atoms with Crippen LogP contribution < -0.4 is 5.32 Å². The smallest absolute Gasteiger partial charge is 0.339 e. The molecule has 5 nitrogen and oxygen atoms in total. The van der Waals surface area contributed by atoms with Gasteiger partial charge in [0.25, 0.3) is 0 Å². The molecule has 0 aromatic heterocycles. The Labute approximate surface area is 121 Å². The maximum Gasteiger partial charge on any atom is 0.339 e. The molecular weight excluding hydrogens is 278 g/mol. The van der Waals surface area contributed by atoms with Crippen molar-refractivity contribution in [1.82, 2.24) is 0 Å². The van der Waals surface area contributed by atoms with E-state index in [2.05, 4.69) is 5.32 Å². The molecule has 2 rings (SSSR count). The summed E-state index contributed by atoms with van der Waals surface area (Å²) in [5.41, 5.74) is 0.187. The maximum absolute atomic E-state index is 11.9. The number of carboxylic acids is 1. The summed E-state index contributed by atoms with van der Waals surface area (Å²) >= 11 is 1.91. The number of amides is 1. The average Bonchev–Trinajstić information content (AvgIpc) is 2.41. The van der Waals surface area contributed by atoms with Crippen LogP contribution in [-0.4, -0.2) is 33.6 Å². The number of carbonyl (C=O) groups excluding carboxylic acids is 1. The molecule has 1 aliphatic heterocycles. The van der Waals surface area contributed by atoms with Gasteiger partial charge in [-0.1, -0.05) is 0 Å². The highest BCUT2D eigenvalue weighted by molar-refractivity contribution is 7.99. The van der Waals surface area contributed by atoms with Gasteiger partial charge in [0.2, 0.25) is 5.91 Å². The van der Waals surface area contributed by atoms with Crippen LogP contribution in [0.2, 0.25) is 0 Å². The van der Waals surface area contributed by atoms with Crippen LogP contribution >= 0.6 is 11.8 Å². The predicted octanol–water partition coefficient (Wildman–Crippen LogP) is 2.56. The van der Waals surface area contributed by atoms with Crippen molar-refractivity contribution >= 4 is 29.3 Å². The summed E-state index contributed by atoms with van der Waals surface area (Å²) in [5.74, 6) is 0.972. The van der Waals surface area contributed by atoms with Gasteiger partial charge < -0.3 is 15.5 Å². The van der Waals surface area contributed by atoms with E-state index in [1.807, 2.05) is 11.8 Å². The third kappa shape index (κ3) is 3.90. The molecule has 1 aromatic carbocycles. The van der Waals surface area contributed by atoms with Crippen molar-refractivity contribution in [3.63, 3.8) is 0 Å². The second-order valence-electron chi connectivity index (χ2n) is 4.85. The first-order valence-corrected chi connectivity index (χ1v) is 7.65. The van der Waals surface area contributed by atoms with Crippen molar-refractivity contribution in [2.24, 2.45) is 5.92 Å². The Morgan fingerprint density at radius 2 is 2.00 bits per heavy atom. The molecule has 6 heteroatoms. The molecule has 0 bridgehead atoms. The predicted molar refractivity (Wildman–Crippen MR) is 78.4 cm³/mol. The van der Waals surface area contributed by atoms with E-state index in [4.69, 9.17) is 5.11 Å². The zero-order valence-corrected chi connectivity index (χ0v) is 11.8. The lowest BCUT2D eigenvalue weighted by molar-refractivity contribution is -0.117. The number of benzene rings is 1. The maximum atomic E-state index is 11.9. The summed E-state index contributed by atoms with van der Waals surface area (Å²) in [4.78, 5) is 22.8. The van der Waals surface area contributed by atoms with Gasteiger partial charge in [0.05, 0.1) is 0 Å².